The van der Waals surface area contributed by atoms with Gasteiger partial charge in [0.25, 0.3) is 0 Å². The number of benzene rings is 2. The summed E-state index contributed by atoms with van der Waals surface area (Å²) in [5, 5.41) is 1.63. The van der Waals surface area contributed by atoms with E-state index in [0.717, 1.165) is 17.8 Å². The molecule has 6 heteroatoms. The first-order valence-corrected chi connectivity index (χ1v) is 9.86. The third-order valence-corrected chi connectivity index (χ3v) is 6.18. The van der Waals surface area contributed by atoms with Gasteiger partial charge in [-0.2, -0.15) is 0 Å². The molecule has 0 radical (unpaired) electrons. The molecule has 0 saturated carbocycles. The Labute approximate surface area is 164 Å². The number of likely N-dealkylation sites (tertiary alicyclic amines) is 1. The van der Waals surface area contributed by atoms with E-state index in [0.29, 0.717) is 19.6 Å². The molecule has 6 nitrogen and oxygen atoms in total. The topological polar surface area (TPSA) is 55.9 Å². The minimum absolute atomic E-state index is 0.0439. The van der Waals surface area contributed by atoms with Gasteiger partial charge in [0.2, 0.25) is 11.8 Å². The smallest absolute Gasteiger partial charge is 0.247 e. The van der Waals surface area contributed by atoms with Gasteiger partial charge in [-0.25, -0.2) is 10.4 Å². The number of piperidine rings is 1. The van der Waals surface area contributed by atoms with Crippen molar-refractivity contribution < 1.29 is 9.59 Å². The van der Waals surface area contributed by atoms with E-state index < -0.39 is 0 Å². The number of carbonyl (C=O) groups is 2. The fraction of sp³-hybridized carbons (Fsp3) is 0.364. The van der Waals surface area contributed by atoms with Crippen LogP contribution in [0.5, 0.6) is 0 Å². The Morgan fingerprint density at radius 3 is 2.61 bits per heavy atom. The number of para-hydroxylation sites is 2. The highest BCUT2D eigenvalue weighted by molar-refractivity contribution is 6.01. The lowest BCUT2D eigenvalue weighted by Gasteiger charge is -2.38. The Morgan fingerprint density at radius 2 is 1.79 bits per heavy atom. The number of amides is 2. The third-order valence-electron chi connectivity index (χ3n) is 6.18. The number of hydrogen-bond acceptors (Lipinski definition) is 4. The Hall–Kier alpha value is -2.70. The fourth-order valence-corrected chi connectivity index (χ4v) is 4.82. The average molecular weight is 376 g/mol. The van der Waals surface area contributed by atoms with E-state index in [2.05, 4.69) is 16.4 Å². The molecule has 28 heavy (non-hydrogen) atoms. The number of anilines is 2. The summed E-state index contributed by atoms with van der Waals surface area (Å²) in [6.07, 6.45) is 0.890. The number of rotatable bonds is 2. The molecule has 2 saturated heterocycles. The maximum atomic E-state index is 13.5. The summed E-state index contributed by atoms with van der Waals surface area (Å²) in [6, 6.07) is 17.5. The number of nitrogens with zero attached hydrogens (tertiary/aromatic N) is 3. The van der Waals surface area contributed by atoms with Gasteiger partial charge in [0.15, 0.2) is 0 Å². The first-order chi connectivity index (χ1) is 13.6. The molecule has 3 heterocycles. The molecule has 3 aliphatic rings. The zero-order valence-corrected chi connectivity index (χ0v) is 15.9. The quantitative estimate of drug-likeness (QED) is 0.866. The van der Waals surface area contributed by atoms with Gasteiger partial charge in [-0.05, 0) is 37.2 Å². The second kappa shape index (κ2) is 6.72. The first kappa shape index (κ1) is 17.4. The lowest BCUT2D eigenvalue weighted by molar-refractivity contribution is -0.127. The maximum Gasteiger partial charge on any atom is 0.247 e. The van der Waals surface area contributed by atoms with Crippen molar-refractivity contribution in [2.45, 2.75) is 12.5 Å². The van der Waals surface area contributed by atoms with Crippen LogP contribution in [-0.4, -0.2) is 49.4 Å². The van der Waals surface area contributed by atoms with Crippen LogP contribution in [0.1, 0.15) is 5.56 Å². The number of carbonyl (C=O) groups excluding carboxylic acids is 2. The fourth-order valence-electron chi connectivity index (χ4n) is 4.82. The summed E-state index contributed by atoms with van der Waals surface area (Å²) in [6.45, 7) is 2.04. The molecule has 0 spiro atoms. The Morgan fingerprint density at radius 1 is 1.04 bits per heavy atom. The Balaban J connectivity index is 1.44. The molecular formula is C22H24N4O2. The molecule has 0 aromatic heterocycles. The van der Waals surface area contributed by atoms with Gasteiger partial charge in [0.05, 0.1) is 23.6 Å². The lowest BCUT2D eigenvalue weighted by Crippen LogP contribution is -2.56. The standard InChI is InChI=1S/C22H24N4O2/c1-24-13-17(21(27)25-12-11-15-7-5-6-10-19(15)25)20-18(14-24)22(28)26(23-20)16-8-3-2-4-9-16/h2-10,17-18,20,23H,11-14H2,1H3. The molecule has 0 bridgehead atoms. The van der Waals surface area contributed by atoms with Crippen molar-refractivity contribution in [2.24, 2.45) is 11.8 Å². The molecular weight excluding hydrogens is 352 g/mol. The third kappa shape index (κ3) is 2.72. The molecule has 2 fully saturated rings. The van der Waals surface area contributed by atoms with E-state index >= 15 is 0 Å². The highest BCUT2D eigenvalue weighted by atomic mass is 16.2. The summed E-state index contributed by atoms with van der Waals surface area (Å²) in [7, 11) is 1.99. The normalized spacial score (nSPS) is 27.0. The van der Waals surface area contributed by atoms with Crippen molar-refractivity contribution in [1.82, 2.24) is 10.3 Å². The molecule has 5 rings (SSSR count). The number of fused-ring (bicyclic) bond motifs is 2. The van der Waals surface area contributed by atoms with Gasteiger partial charge in [0.1, 0.15) is 0 Å². The van der Waals surface area contributed by atoms with E-state index in [1.165, 1.54) is 5.56 Å². The molecule has 0 aliphatic carbocycles. The minimum atomic E-state index is -0.257. The molecule has 2 aromatic carbocycles. The van der Waals surface area contributed by atoms with Crippen LogP contribution in [0, 0.1) is 11.8 Å². The van der Waals surface area contributed by atoms with Gasteiger partial charge >= 0.3 is 0 Å². The summed E-state index contributed by atoms with van der Waals surface area (Å²) in [4.78, 5) is 30.6. The zero-order chi connectivity index (χ0) is 19.3. The SMILES string of the molecule is CN1CC(C(=O)N2CCc3ccccc32)C2NN(c3ccccc3)C(=O)C2C1. The van der Waals surface area contributed by atoms with E-state index in [-0.39, 0.29) is 29.7 Å². The summed E-state index contributed by atoms with van der Waals surface area (Å²) < 4.78 is 0. The molecule has 144 valence electrons. The minimum Gasteiger partial charge on any atom is -0.311 e. The second-order valence-corrected chi connectivity index (χ2v) is 7.97. The van der Waals surface area contributed by atoms with Gasteiger partial charge in [-0.3, -0.25) is 9.59 Å². The van der Waals surface area contributed by atoms with Crippen molar-refractivity contribution in [3.63, 3.8) is 0 Å². The van der Waals surface area contributed by atoms with Crippen molar-refractivity contribution in [3.05, 3.63) is 60.2 Å². The highest BCUT2D eigenvalue weighted by Gasteiger charge is 2.51. The average Bonchev–Trinajstić information content (AvgIpc) is 3.29. The van der Waals surface area contributed by atoms with Crippen LogP contribution < -0.4 is 15.3 Å². The number of nitrogens with one attached hydrogen (secondary N) is 1. The Kier molecular flexibility index (Phi) is 4.18. The molecule has 3 aliphatic heterocycles. The number of hydrogen-bond donors (Lipinski definition) is 1. The Bertz CT molecular complexity index is 916. The van der Waals surface area contributed by atoms with E-state index in [1.54, 1.807) is 5.01 Å². The molecule has 3 atom stereocenters. The summed E-state index contributed by atoms with van der Waals surface area (Å²) in [5.74, 6) is -0.317. The largest absolute Gasteiger partial charge is 0.311 e. The van der Waals surface area contributed by atoms with Crippen LogP contribution in [0.25, 0.3) is 0 Å². The zero-order valence-electron chi connectivity index (χ0n) is 15.9. The van der Waals surface area contributed by atoms with Crippen molar-refractivity contribution in [2.75, 3.05) is 36.6 Å². The number of hydrazine groups is 1. The van der Waals surface area contributed by atoms with Crippen LogP contribution in [0.2, 0.25) is 0 Å². The molecule has 3 unspecified atom stereocenters. The van der Waals surface area contributed by atoms with Crippen molar-refractivity contribution in [3.8, 4) is 0 Å². The van der Waals surface area contributed by atoms with Gasteiger partial charge in [0, 0.05) is 25.3 Å². The van der Waals surface area contributed by atoms with Crippen LogP contribution in [0.4, 0.5) is 11.4 Å². The van der Waals surface area contributed by atoms with Crippen molar-refractivity contribution >= 4 is 23.2 Å². The van der Waals surface area contributed by atoms with Crippen LogP contribution in [-0.2, 0) is 16.0 Å². The van der Waals surface area contributed by atoms with Crippen molar-refractivity contribution in [1.29, 1.82) is 0 Å². The van der Waals surface area contributed by atoms with E-state index in [4.69, 9.17) is 0 Å². The van der Waals surface area contributed by atoms with Crippen LogP contribution >= 0.6 is 0 Å². The molecule has 1 N–H and O–H groups in total. The van der Waals surface area contributed by atoms with Gasteiger partial charge < -0.3 is 9.80 Å². The van der Waals surface area contributed by atoms with Gasteiger partial charge in [-0.1, -0.05) is 36.4 Å². The molecule has 2 aromatic rings. The predicted molar refractivity (Wildman–Crippen MR) is 108 cm³/mol. The second-order valence-electron chi connectivity index (χ2n) is 7.97. The maximum absolute atomic E-state index is 13.5. The lowest BCUT2D eigenvalue weighted by atomic mass is 9.84. The summed E-state index contributed by atoms with van der Waals surface area (Å²) >= 11 is 0. The monoisotopic (exact) mass is 376 g/mol. The van der Waals surface area contributed by atoms with E-state index in [1.807, 2.05) is 60.5 Å². The summed E-state index contributed by atoms with van der Waals surface area (Å²) in [5.41, 5.74) is 6.42. The van der Waals surface area contributed by atoms with E-state index in [9.17, 15) is 9.59 Å². The van der Waals surface area contributed by atoms with Crippen LogP contribution in [0.15, 0.2) is 54.6 Å². The van der Waals surface area contributed by atoms with Crippen LogP contribution in [0.3, 0.4) is 0 Å². The van der Waals surface area contributed by atoms with Gasteiger partial charge in [-0.15, -0.1) is 0 Å². The molecule has 2 amide bonds. The predicted octanol–water partition coefficient (Wildman–Crippen LogP) is 1.67. The highest BCUT2D eigenvalue weighted by Crippen LogP contribution is 2.35. The first-order valence-electron chi connectivity index (χ1n) is 9.86.